The van der Waals surface area contributed by atoms with Gasteiger partial charge < -0.3 is 16.4 Å². The van der Waals surface area contributed by atoms with Gasteiger partial charge in [0.2, 0.25) is 5.91 Å². The van der Waals surface area contributed by atoms with Gasteiger partial charge in [-0.15, -0.1) is 0 Å². The number of carbonyl (C=O) groups excluding carboxylic acids is 1. The first-order valence-corrected chi connectivity index (χ1v) is 11.9. The Hall–Kier alpha value is -3.11. The van der Waals surface area contributed by atoms with Crippen LogP contribution in [0.2, 0.25) is 0 Å². The third-order valence-electron chi connectivity index (χ3n) is 6.65. The Morgan fingerprint density at radius 2 is 1.73 bits per heavy atom. The average molecular weight is 442 g/mol. The summed E-state index contributed by atoms with van der Waals surface area (Å²) in [6, 6.07) is 21.0. The number of aryl methyl sites for hydroxylation is 3. The van der Waals surface area contributed by atoms with Gasteiger partial charge in [-0.1, -0.05) is 60.2 Å². The van der Waals surface area contributed by atoms with Crippen LogP contribution in [0, 0.1) is 20.8 Å². The molecule has 0 spiro atoms. The number of hydrogen-bond acceptors (Lipinski definition) is 3. The minimum Gasteiger partial charge on any atom is -0.382 e. The van der Waals surface area contributed by atoms with Gasteiger partial charge >= 0.3 is 0 Å². The van der Waals surface area contributed by atoms with Crippen molar-refractivity contribution >= 4 is 11.6 Å². The number of nitrogens with two attached hydrogens (primary N) is 1. The van der Waals surface area contributed by atoms with Gasteiger partial charge in [-0.25, -0.2) is 0 Å². The highest BCUT2D eigenvalue weighted by Crippen LogP contribution is 2.34. The van der Waals surface area contributed by atoms with Crippen molar-refractivity contribution in [2.24, 2.45) is 5.73 Å². The van der Waals surface area contributed by atoms with Crippen LogP contribution in [0.4, 0.5) is 5.69 Å². The summed E-state index contributed by atoms with van der Waals surface area (Å²) in [5.74, 6) is -0.0899. The molecule has 0 fully saturated rings. The van der Waals surface area contributed by atoms with Crippen LogP contribution in [0.15, 0.2) is 60.7 Å². The van der Waals surface area contributed by atoms with Crippen molar-refractivity contribution in [1.82, 2.24) is 5.32 Å². The van der Waals surface area contributed by atoms with E-state index in [1.54, 1.807) is 0 Å². The molecular weight excluding hydrogens is 406 g/mol. The fourth-order valence-corrected chi connectivity index (χ4v) is 5.04. The molecule has 0 unspecified atom stereocenters. The zero-order valence-corrected chi connectivity index (χ0v) is 20.1. The van der Waals surface area contributed by atoms with Crippen molar-refractivity contribution in [3.8, 4) is 0 Å². The van der Waals surface area contributed by atoms with Gasteiger partial charge in [-0.2, -0.15) is 0 Å². The summed E-state index contributed by atoms with van der Waals surface area (Å²) in [5, 5.41) is 6.82. The van der Waals surface area contributed by atoms with E-state index in [-0.39, 0.29) is 18.0 Å². The summed E-state index contributed by atoms with van der Waals surface area (Å²) in [6.45, 7) is 8.44. The first-order valence-electron chi connectivity index (χ1n) is 11.9. The number of benzene rings is 3. The second-order valence-corrected chi connectivity index (χ2v) is 9.61. The van der Waals surface area contributed by atoms with Crippen LogP contribution in [0.3, 0.4) is 0 Å². The minimum absolute atomic E-state index is 0.0502. The highest BCUT2D eigenvalue weighted by Gasteiger charge is 2.28. The Balaban J connectivity index is 1.51. The Bertz CT molecular complexity index is 1120. The lowest BCUT2D eigenvalue weighted by Gasteiger charge is -2.33. The lowest BCUT2D eigenvalue weighted by atomic mass is 9.90. The summed E-state index contributed by atoms with van der Waals surface area (Å²) in [5.41, 5.74) is 16.0. The molecule has 0 aromatic heterocycles. The third kappa shape index (κ3) is 5.45. The molecule has 0 saturated heterocycles. The quantitative estimate of drug-likeness (QED) is 0.496. The van der Waals surface area contributed by atoms with Gasteiger partial charge in [-0.3, -0.25) is 4.79 Å². The maximum absolute atomic E-state index is 13.1. The second kappa shape index (κ2) is 9.80. The van der Waals surface area contributed by atoms with Crippen molar-refractivity contribution in [2.45, 2.75) is 65.1 Å². The molecule has 4 rings (SSSR count). The highest BCUT2D eigenvalue weighted by atomic mass is 16.2. The van der Waals surface area contributed by atoms with E-state index < -0.39 is 6.04 Å². The molecule has 1 amide bonds. The fourth-order valence-electron chi connectivity index (χ4n) is 5.04. The molecule has 4 nitrogen and oxygen atoms in total. The number of carbonyl (C=O) groups is 1. The lowest BCUT2D eigenvalue weighted by Crippen LogP contribution is -2.45. The molecule has 0 bridgehead atoms. The molecule has 0 saturated carbocycles. The monoisotopic (exact) mass is 441 g/mol. The van der Waals surface area contributed by atoms with E-state index in [0.29, 0.717) is 6.42 Å². The zero-order valence-electron chi connectivity index (χ0n) is 20.1. The standard InChI is InChI=1S/C29H35N3O/c1-18-12-19(2)24(20(3)13-18)17-26(30)29(33)32-28-14-21(4)31-27-11-10-23(16-25(27)28)15-22-8-6-5-7-9-22/h5-13,16,21,26,28,31H,14-15,17,30H2,1-4H3,(H,32,33)/t21-,26+,28-/m1/s1. The molecule has 3 aromatic rings. The van der Waals surface area contributed by atoms with Gasteiger partial charge in [0, 0.05) is 11.7 Å². The first-order chi connectivity index (χ1) is 15.8. The summed E-state index contributed by atoms with van der Waals surface area (Å²) < 4.78 is 0. The summed E-state index contributed by atoms with van der Waals surface area (Å²) >= 11 is 0. The highest BCUT2D eigenvalue weighted by molar-refractivity contribution is 5.82. The zero-order chi connectivity index (χ0) is 23.5. The minimum atomic E-state index is -0.578. The van der Waals surface area contributed by atoms with Gasteiger partial charge in [0.1, 0.15) is 0 Å². The molecular formula is C29H35N3O. The predicted molar refractivity (Wildman–Crippen MR) is 137 cm³/mol. The average Bonchev–Trinajstić information content (AvgIpc) is 2.77. The van der Waals surface area contributed by atoms with Crippen LogP contribution in [-0.2, 0) is 17.6 Å². The summed E-state index contributed by atoms with van der Waals surface area (Å²) in [7, 11) is 0. The number of nitrogens with one attached hydrogen (secondary N) is 2. The van der Waals surface area contributed by atoms with Crippen LogP contribution in [-0.4, -0.2) is 18.0 Å². The van der Waals surface area contributed by atoms with E-state index in [1.165, 1.54) is 33.4 Å². The second-order valence-electron chi connectivity index (χ2n) is 9.61. The summed E-state index contributed by atoms with van der Waals surface area (Å²) in [4.78, 5) is 13.1. The summed E-state index contributed by atoms with van der Waals surface area (Å²) in [6.07, 6.45) is 2.25. The lowest BCUT2D eigenvalue weighted by molar-refractivity contribution is -0.123. The van der Waals surface area contributed by atoms with Crippen LogP contribution in [0.25, 0.3) is 0 Å². The van der Waals surface area contributed by atoms with E-state index >= 15 is 0 Å². The van der Waals surface area contributed by atoms with Gasteiger partial charge in [0.05, 0.1) is 12.1 Å². The van der Waals surface area contributed by atoms with Gasteiger partial charge in [0.25, 0.3) is 0 Å². The number of anilines is 1. The van der Waals surface area contributed by atoms with Crippen LogP contribution >= 0.6 is 0 Å². The van der Waals surface area contributed by atoms with E-state index in [1.807, 2.05) is 6.07 Å². The van der Waals surface area contributed by atoms with E-state index in [2.05, 4.69) is 92.9 Å². The first kappa shape index (κ1) is 23.1. The maximum Gasteiger partial charge on any atom is 0.237 e. The molecule has 4 N–H and O–H groups in total. The van der Waals surface area contributed by atoms with Crippen LogP contribution in [0.1, 0.15) is 58.3 Å². The topological polar surface area (TPSA) is 67.2 Å². The Morgan fingerprint density at radius 1 is 1.03 bits per heavy atom. The Labute approximate surface area is 197 Å². The van der Waals surface area contributed by atoms with Gasteiger partial charge in [0.15, 0.2) is 0 Å². The number of fused-ring (bicyclic) bond motifs is 1. The molecule has 1 heterocycles. The number of rotatable bonds is 6. The molecule has 3 atom stereocenters. The molecule has 0 radical (unpaired) electrons. The molecule has 1 aliphatic heterocycles. The van der Waals surface area contributed by atoms with Crippen molar-refractivity contribution in [2.75, 3.05) is 5.32 Å². The molecule has 33 heavy (non-hydrogen) atoms. The van der Waals surface area contributed by atoms with E-state index in [0.717, 1.165) is 24.1 Å². The fraction of sp³-hybridized carbons (Fsp3) is 0.345. The molecule has 4 heteroatoms. The van der Waals surface area contributed by atoms with Gasteiger partial charge in [-0.05, 0) is 86.4 Å². The van der Waals surface area contributed by atoms with Crippen molar-refractivity contribution in [1.29, 1.82) is 0 Å². The maximum atomic E-state index is 13.1. The normalized spacial score (nSPS) is 18.2. The predicted octanol–water partition coefficient (Wildman–Crippen LogP) is 5.13. The van der Waals surface area contributed by atoms with Crippen LogP contribution in [0.5, 0.6) is 0 Å². The number of amides is 1. The largest absolute Gasteiger partial charge is 0.382 e. The van der Waals surface area contributed by atoms with E-state index in [4.69, 9.17) is 5.73 Å². The smallest absolute Gasteiger partial charge is 0.237 e. The van der Waals surface area contributed by atoms with Crippen molar-refractivity contribution in [3.05, 3.63) is 99.6 Å². The van der Waals surface area contributed by atoms with Crippen molar-refractivity contribution < 1.29 is 4.79 Å². The Kier molecular flexibility index (Phi) is 6.85. The molecule has 1 aliphatic rings. The number of hydrogen-bond donors (Lipinski definition) is 3. The SMILES string of the molecule is Cc1cc(C)c(C[C@H](N)C(=O)N[C@@H]2C[C@@H](C)Nc3ccc(Cc4ccccc4)cc32)c(C)c1. The van der Waals surface area contributed by atoms with Crippen LogP contribution < -0.4 is 16.4 Å². The Morgan fingerprint density at radius 3 is 2.42 bits per heavy atom. The van der Waals surface area contributed by atoms with E-state index in [9.17, 15) is 4.79 Å². The van der Waals surface area contributed by atoms with Crippen molar-refractivity contribution in [3.63, 3.8) is 0 Å². The molecule has 172 valence electrons. The molecule has 0 aliphatic carbocycles. The molecule has 3 aromatic carbocycles. The third-order valence-corrected chi connectivity index (χ3v) is 6.65.